The average Bonchev–Trinajstić information content (AvgIpc) is 1.43. The van der Waals surface area contributed by atoms with Gasteiger partial charge in [-0.1, -0.05) is 62.3 Å². The second-order valence-corrected chi connectivity index (χ2v) is 33.1. The average molecular weight is 1300 g/mol. The molecule has 0 aromatic rings. The van der Waals surface area contributed by atoms with Crippen molar-refractivity contribution in [2.24, 2.45) is 51.8 Å². The van der Waals surface area contributed by atoms with Gasteiger partial charge >= 0.3 is 77.0 Å². The van der Waals surface area contributed by atoms with E-state index in [0.717, 1.165) is 72.8 Å². The zero-order chi connectivity index (χ0) is 60.3. The first-order valence-electron chi connectivity index (χ1n) is 32.1. The predicted octanol–water partition coefficient (Wildman–Crippen LogP) is -2.51. The molecule has 0 bridgehead atoms. The van der Waals surface area contributed by atoms with Crippen molar-refractivity contribution in [2.75, 3.05) is 38.8 Å². The molecule has 12 aliphatic heterocycles. The largest absolute Gasteiger partial charge is 1.00 e. The van der Waals surface area contributed by atoms with Crippen molar-refractivity contribution >= 4 is 37.5 Å². The zero-order valence-corrected chi connectivity index (χ0v) is 58.4. The molecule has 1 N–H and O–H groups in total. The van der Waals surface area contributed by atoms with E-state index in [-0.39, 0.29) is 195 Å². The topological polar surface area (TPSA) is 303 Å². The Hall–Kier alpha value is -0.390. The second kappa shape index (κ2) is 18.5. The third kappa shape index (κ3) is 6.66. The Morgan fingerprint density at radius 3 is 1.26 bits per heavy atom. The van der Waals surface area contributed by atoms with Gasteiger partial charge in [0.15, 0.2) is 23.6 Å². The first-order valence-corrected chi connectivity index (χ1v) is 35.0. The van der Waals surface area contributed by atoms with Gasteiger partial charge in [-0.25, -0.2) is 14.4 Å². The number of fused-ring (bicyclic) bond motifs is 12. The molecule has 6 saturated carbocycles. The van der Waals surface area contributed by atoms with Crippen LogP contribution in [0.25, 0.3) is 0 Å². The summed E-state index contributed by atoms with van der Waals surface area (Å²) in [6.07, 6.45) is 7.42. The number of phosphoric acid groups is 1. The standard InChI is InChI=1S/C22H28O6S.C21H27O10P.C20H24O6.2Na/c1-10(2)20-15(27-20)16-22(28-16)19(3)6-5-11-12(8-24-17(11)23)13(19)7-14-21(22,26-14)18(20)25-9-29-4;1-9(2)19-14(30-19)15-21(31-15)18(3)5-4-10-11(7-26-16(10)22)12(18)6-13-20(21,29-13)17(19)27-8-28-32(23,24)25;1-8(2)18-13(25-18)14-20(26-14)17(3)5-4-9-10(7-23-15(9)21)11(17)6-12-19(20,24-12)16(18)22;;/h10,13-16,18H,5-9H2,1-4H3;9,12-15,17H,4-8H2,1-3H3,(H2,23,24,25);8,11-14,16,22H,4-7H2,1-3H3;;/q;;;2*+1/p-2/t13-,14-,15-,16-,18+,19-,20-,21+,22+;12-,13-,14-,15-,17+,18-,19-,20+,21+;11-,12-,13-,14-,16+,17-,18-,19+,20+;;/m000../s1. The SMILES string of the molecule is CC(C)[C@]12O[C@H]1[C@@H]1O[C@]13[C@]1(O[C@H]1C[C@H]1C4=C(CC[C@@]13C)C(=O)OC4)[C@@H]2O.CC(C)[C@]12O[C@H]1[C@@H]1O[C@]13[C@]1(O[C@H]1C[C@H]1C4=C(CC[C@@]13C)C(=O)OC4)[C@@H]2OCOP(=O)([O-])[O-].CSCO[C@@H]1[C@@]2(C(C)C)O[C@H]2[C@@H]2O[C@]23[C@]12O[C@H]2C[C@H]1C2=C(CC[C@@]13C)C(=O)OC2.[Na+].[Na+]. The number of carbonyl (C=O) groups excluding carboxylic acids is 3. The number of thioether (sulfide) groups is 1. The molecular formula is C63H77Na2O22PS. The quantitative estimate of drug-likeness (QED) is 0.0590. The first-order chi connectivity index (χ1) is 41.3. The van der Waals surface area contributed by atoms with E-state index in [2.05, 4.69) is 59.2 Å². The van der Waals surface area contributed by atoms with Gasteiger partial charge in [0.2, 0.25) is 0 Å². The number of hydrogen-bond acceptors (Lipinski definition) is 23. The van der Waals surface area contributed by atoms with Crippen LogP contribution in [-0.4, -0.2) is 185 Å². The summed E-state index contributed by atoms with van der Waals surface area (Å²) in [5.41, 5.74) is 0.550. The second-order valence-electron chi connectivity index (χ2n) is 31.1. The number of carbonyl (C=O) groups is 3. The molecule has 0 amide bonds. The summed E-state index contributed by atoms with van der Waals surface area (Å²) >= 11 is 1.69. The molecule has 12 heterocycles. The van der Waals surface area contributed by atoms with E-state index in [4.69, 9.17) is 66.3 Å². The van der Waals surface area contributed by atoms with Gasteiger partial charge in [0.1, 0.15) is 108 Å². The minimum absolute atomic E-state index is 0. The summed E-state index contributed by atoms with van der Waals surface area (Å²) < 4.78 is 102. The molecule has 27 atom stereocenters. The molecule has 474 valence electrons. The molecule has 9 aliphatic carbocycles. The summed E-state index contributed by atoms with van der Waals surface area (Å²) in [6.45, 7) is 20.1. The summed E-state index contributed by atoms with van der Waals surface area (Å²) in [6, 6.07) is 0. The van der Waals surface area contributed by atoms with Gasteiger partial charge in [-0.15, -0.1) is 11.8 Å². The fraction of sp³-hybridized carbons (Fsp3) is 0.857. The van der Waals surface area contributed by atoms with Crippen LogP contribution in [0.4, 0.5) is 0 Å². The Kier molecular flexibility index (Phi) is 12.9. The van der Waals surface area contributed by atoms with Crippen molar-refractivity contribution in [3.8, 4) is 0 Å². The molecular weight excluding hydrogens is 1220 g/mol. The molecule has 0 aromatic heterocycles. The molecule has 0 unspecified atom stereocenters. The van der Waals surface area contributed by atoms with Gasteiger partial charge in [0, 0.05) is 33.0 Å². The molecule has 15 fully saturated rings. The van der Waals surface area contributed by atoms with Crippen molar-refractivity contribution < 1.29 is 164 Å². The van der Waals surface area contributed by atoms with Gasteiger partial charge in [-0.2, -0.15) is 0 Å². The molecule has 0 aromatic carbocycles. The minimum atomic E-state index is -5.18. The van der Waals surface area contributed by atoms with Gasteiger partial charge in [-0.3, -0.25) is 0 Å². The van der Waals surface area contributed by atoms with Crippen molar-refractivity contribution in [2.45, 2.75) is 244 Å². The van der Waals surface area contributed by atoms with Crippen LogP contribution in [0.3, 0.4) is 0 Å². The maximum atomic E-state index is 12.2. The fourth-order valence-electron chi connectivity index (χ4n) is 23.8. The van der Waals surface area contributed by atoms with Crippen LogP contribution in [0, 0.1) is 51.8 Å². The molecule has 0 radical (unpaired) electrons. The van der Waals surface area contributed by atoms with Gasteiger partial charge in [-0.05, 0) is 116 Å². The number of phosphoric ester groups is 1. The number of aliphatic hydroxyl groups is 1. The van der Waals surface area contributed by atoms with Crippen LogP contribution in [0.15, 0.2) is 33.4 Å². The number of rotatable bonds is 10. The summed E-state index contributed by atoms with van der Waals surface area (Å²) in [7, 11) is -5.18. The molecule has 89 heavy (non-hydrogen) atoms. The van der Waals surface area contributed by atoms with Crippen LogP contribution in [0.5, 0.6) is 0 Å². The molecule has 21 aliphatic rings. The monoisotopic (exact) mass is 1290 g/mol. The zero-order valence-electron chi connectivity index (χ0n) is 52.7. The molecule has 9 saturated heterocycles. The van der Waals surface area contributed by atoms with Crippen LogP contribution in [0.1, 0.15) is 120 Å². The number of cyclic esters (lactones) is 3. The van der Waals surface area contributed by atoms with E-state index in [1.54, 1.807) is 11.8 Å². The van der Waals surface area contributed by atoms with Gasteiger partial charge in [0.25, 0.3) is 0 Å². The third-order valence-corrected chi connectivity index (χ3v) is 28.8. The van der Waals surface area contributed by atoms with Crippen LogP contribution in [0.2, 0.25) is 0 Å². The maximum Gasteiger partial charge on any atom is 1.00 e. The van der Waals surface area contributed by atoms with E-state index in [9.17, 15) is 33.8 Å². The Morgan fingerprint density at radius 2 is 0.876 bits per heavy atom. The predicted molar refractivity (Wildman–Crippen MR) is 291 cm³/mol. The third-order valence-electron chi connectivity index (χ3n) is 28.0. The Morgan fingerprint density at radius 1 is 0.528 bits per heavy atom. The number of aliphatic hydroxyl groups excluding tert-OH is 1. The van der Waals surface area contributed by atoms with Gasteiger partial charge < -0.3 is 90.3 Å². The van der Waals surface area contributed by atoms with Crippen molar-refractivity contribution in [1.82, 2.24) is 0 Å². The summed E-state index contributed by atoms with van der Waals surface area (Å²) in [5, 5.41) is 11.4. The van der Waals surface area contributed by atoms with E-state index in [0.29, 0.717) is 44.5 Å². The van der Waals surface area contributed by atoms with Crippen molar-refractivity contribution in [1.29, 1.82) is 0 Å². The smallest absolute Gasteiger partial charge is 0.790 e. The van der Waals surface area contributed by atoms with Crippen molar-refractivity contribution in [3.05, 3.63) is 33.4 Å². The van der Waals surface area contributed by atoms with Gasteiger partial charge in [0.05, 0.1) is 32.1 Å². The molecule has 21 rings (SSSR count). The number of epoxide rings is 9. The molecule has 26 heteroatoms. The van der Waals surface area contributed by atoms with Crippen LogP contribution < -0.4 is 68.9 Å². The van der Waals surface area contributed by atoms with Crippen LogP contribution in [-0.2, 0) is 89.8 Å². The first kappa shape index (κ1) is 62.2. The van der Waals surface area contributed by atoms with E-state index >= 15 is 0 Å². The van der Waals surface area contributed by atoms with Crippen LogP contribution >= 0.6 is 19.6 Å². The number of hydrogen-bond donors (Lipinski definition) is 1. The minimum Gasteiger partial charge on any atom is -0.790 e. The maximum absolute atomic E-state index is 12.2. The number of esters is 3. The molecule has 6 spiro atoms. The van der Waals surface area contributed by atoms with E-state index in [1.807, 2.05) is 13.8 Å². The Balaban J connectivity index is 0.000000103. The Bertz CT molecular complexity index is 3410. The molecule has 22 nitrogen and oxygen atoms in total. The van der Waals surface area contributed by atoms with E-state index < -0.39 is 66.0 Å². The normalized spacial score (nSPS) is 56.7. The van der Waals surface area contributed by atoms with E-state index in [1.165, 1.54) is 5.57 Å². The summed E-state index contributed by atoms with van der Waals surface area (Å²) in [4.78, 5) is 58.6. The Labute approximate surface area is 564 Å². The van der Waals surface area contributed by atoms with Crippen molar-refractivity contribution in [3.63, 3.8) is 0 Å². The number of ether oxygens (including phenoxy) is 14. The fourth-order valence-corrected chi connectivity index (χ4v) is 24.3. The summed E-state index contributed by atoms with van der Waals surface area (Å²) in [5.74, 6) is 1.36.